The molecule has 3 aromatic rings. The molecule has 3 rings (SSSR count). The maximum Gasteiger partial charge on any atom is 0.341 e. The van der Waals surface area contributed by atoms with E-state index in [2.05, 4.69) is 0 Å². The second kappa shape index (κ2) is 9.84. The molecule has 0 bridgehead atoms. The van der Waals surface area contributed by atoms with Crippen molar-refractivity contribution in [3.8, 4) is 6.07 Å². The van der Waals surface area contributed by atoms with E-state index in [1.54, 1.807) is 45.0 Å². The van der Waals surface area contributed by atoms with Crippen molar-refractivity contribution in [3.63, 3.8) is 0 Å². The van der Waals surface area contributed by atoms with E-state index in [9.17, 15) is 22.9 Å². The SMILES string of the molecule is CC(C)(C)OC(=O)c1cc(N(Cc2ccc(Cl)cc2)S(=O)(=O)c2cccc(C#N)c2)ccc1F. The van der Waals surface area contributed by atoms with Gasteiger partial charge in [-0.15, -0.1) is 0 Å². The third-order valence-corrected chi connectivity index (χ3v) is 6.67. The molecule has 0 saturated heterocycles. The zero-order valence-electron chi connectivity index (χ0n) is 18.7. The van der Waals surface area contributed by atoms with Gasteiger partial charge in [0, 0.05) is 5.02 Å². The number of hydrogen-bond acceptors (Lipinski definition) is 5. The van der Waals surface area contributed by atoms with Gasteiger partial charge in [-0.1, -0.05) is 29.8 Å². The van der Waals surface area contributed by atoms with Crippen molar-refractivity contribution in [2.45, 2.75) is 37.8 Å². The Morgan fingerprint density at radius 1 is 1.09 bits per heavy atom. The van der Waals surface area contributed by atoms with E-state index < -0.39 is 33.0 Å². The average Bonchev–Trinajstić information content (AvgIpc) is 2.78. The smallest absolute Gasteiger partial charge is 0.341 e. The highest BCUT2D eigenvalue weighted by Crippen LogP contribution is 2.29. The Morgan fingerprint density at radius 2 is 1.76 bits per heavy atom. The molecule has 0 aliphatic rings. The van der Waals surface area contributed by atoms with Crippen LogP contribution in [0.1, 0.15) is 42.3 Å². The van der Waals surface area contributed by atoms with E-state index in [4.69, 9.17) is 16.3 Å². The van der Waals surface area contributed by atoms with Crippen molar-refractivity contribution in [2.24, 2.45) is 0 Å². The first-order valence-electron chi connectivity index (χ1n) is 10.2. The fraction of sp³-hybridized carbons (Fsp3) is 0.200. The molecule has 0 amide bonds. The Bertz CT molecular complexity index is 1360. The van der Waals surface area contributed by atoms with E-state index in [0.29, 0.717) is 10.6 Å². The number of carbonyl (C=O) groups excluding carboxylic acids is 1. The molecule has 0 fully saturated rings. The summed E-state index contributed by atoms with van der Waals surface area (Å²) in [6.07, 6.45) is 0. The number of halogens is 2. The number of anilines is 1. The quantitative estimate of drug-likeness (QED) is 0.405. The Hall–Kier alpha value is -3.41. The molecule has 0 unspecified atom stereocenters. The Balaban J connectivity index is 2.14. The van der Waals surface area contributed by atoms with Gasteiger partial charge < -0.3 is 4.74 Å². The lowest BCUT2D eigenvalue weighted by atomic mass is 10.1. The molecule has 0 aliphatic heterocycles. The normalized spacial score (nSPS) is 11.5. The number of hydrogen-bond donors (Lipinski definition) is 0. The van der Waals surface area contributed by atoms with E-state index in [1.165, 1.54) is 30.3 Å². The lowest BCUT2D eigenvalue weighted by Gasteiger charge is -2.26. The van der Waals surface area contributed by atoms with Crippen LogP contribution in [-0.2, 0) is 21.3 Å². The predicted octanol–water partition coefficient (Wildman–Crippen LogP) is 5.70. The number of esters is 1. The first-order valence-corrected chi connectivity index (χ1v) is 12.0. The molecular formula is C25H22ClFN2O4S. The fourth-order valence-electron chi connectivity index (χ4n) is 3.08. The molecule has 0 atom stereocenters. The minimum absolute atomic E-state index is 0.0552. The van der Waals surface area contributed by atoms with Crippen LogP contribution in [0.4, 0.5) is 10.1 Å². The van der Waals surface area contributed by atoms with Gasteiger partial charge in [0.05, 0.1) is 34.3 Å². The summed E-state index contributed by atoms with van der Waals surface area (Å²) in [7, 11) is -4.21. The van der Waals surface area contributed by atoms with Crippen LogP contribution in [0.3, 0.4) is 0 Å². The third-order valence-electron chi connectivity index (χ3n) is 4.65. The molecule has 34 heavy (non-hydrogen) atoms. The Labute approximate surface area is 203 Å². The Kier molecular flexibility index (Phi) is 7.29. The first-order chi connectivity index (χ1) is 15.9. The summed E-state index contributed by atoms with van der Waals surface area (Å²) in [5.74, 6) is -1.75. The van der Waals surface area contributed by atoms with Crippen LogP contribution in [0.25, 0.3) is 0 Å². The van der Waals surface area contributed by atoms with Gasteiger partial charge in [-0.2, -0.15) is 5.26 Å². The molecule has 6 nitrogen and oxygen atoms in total. The van der Waals surface area contributed by atoms with E-state index >= 15 is 0 Å². The number of nitriles is 1. The number of carbonyl (C=O) groups is 1. The summed E-state index contributed by atoms with van der Waals surface area (Å²) >= 11 is 5.95. The molecule has 0 radical (unpaired) electrons. The molecular weight excluding hydrogens is 479 g/mol. The van der Waals surface area contributed by atoms with Crippen LogP contribution in [-0.4, -0.2) is 20.0 Å². The maximum atomic E-state index is 14.5. The van der Waals surface area contributed by atoms with E-state index in [0.717, 1.165) is 16.4 Å². The molecule has 0 N–H and O–H groups in total. The van der Waals surface area contributed by atoms with Crippen molar-refractivity contribution in [2.75, 3.05) is 4.31 Å². The van der Waals surface area contributed by atoms with Gasteiger partial charge >= 0.3 is 5.97 Å². The molecule has 0 aliphatic carbocycles. The molecule has 0 heterocycles. The summed E-state index contributed by atoms with van der Waals surface area (Å²) in [5, 5.41) is 9.68. The molecule has 9 heteroatoms. The molecule has 0 saturated carbocycles. The van der Waals surface area contributed by atoms with Crippen LogP contribution in [0.5, 0.6) is 0 Å². The number of rotatable bonds is 6. The number of ether oxygens (including phenoxy) is 1. The van der Waals surface area contributed by atoms with Crippen LogP contribution in [0.15, 0.2) is 71.6 Å². The highest BCUT2D eigenvalue weighted by Gasteiger charge is 2.28. The lowest BCUT2D eigenvalue weighted by Crippen LogP contribution is -2.31. The number of nitrogens with zero attached hydrogens (tertiary/aromatic N) is 2. The van der Waals surface area contributed by atoms with Gasteiger partial charge in [-0.3, -0.25) is 4.31 Å². The van der Waals surface area contributed by atoms with Crippen LogP contribution in [0.2, 0.25) is 5.02 Å². The summed E-state index contributed by atoms with van der Waals surface area (Å²) in [5.41, 5.74) is -0.436. The first kappa shape index (κ1) is 25.2. The van der Waals surface area contributed by atoms with Gasteiger partial charge in [0.2, 0.25) is 0 Å². The van der Waals surface area contributed by atoms with Crippen molar-refractivity contribution < 1.29 is 22.3 Å². The number of benzene rings is 3. The molecule has 0 aromatic heterocycles. The lowest BCUT2D eigenvalue weighted by molar-refractivity contribution is 0.00647. The van der Waals surface area contributed by atoms with Gasteiger partial charge in [0.25, 0.3) is 10.0 Å². The fourth-order valence-corrected chi connectivity index (χ4v) is 4.70. The van der Waals surface area contributed by atoms with E-state index in [-0.39, 0.29) is 22.7 Å². The number of sulfonamides is 1. The third kappa shape index (κ3) is 5.93. The standard InChI is InChI=1S/C25H22ClFN2O4S/c1-25(2,3)33-24(30)22-14-20(11-12-23(22)27)29(16-17-7-9-19(26)10-8-17)34(31,32)21-6-4-5-18(13-21)15-28/h4-14H,16H2,1-3H3. The van der Waals surface area contributed by atoms with Gasteiger partial charge in [-0.25, -0.2) is 17.6 Å². The molecule has 3 aromatic carbocycles. The summed E-state index contributed by atoms with van der Waals surface area (Å²) in [6.45, 7) is 4.81. The minimum Gasteiger partial charge on any atom is -0.456 e. The monoisotopic (exact) mass is 500 g/mol. The molecule has 176 valence electrons. The summed E-state index contributed by atoms with van der Waals surface area (Å²) < 4.78 is 48.1. The van der Waals surface area contributed by atoms with Gasteiger partial charge in [0.15, 0.2) is 0 Å². The predicted molar refractivity (Wildman–Crippen MR) is 128 cm³/mol. The van der Waals surface area contributed by atoms with Crippen LogP contribution in [0, 0.1) is 17.1 Å². The second-order valence-corrected chi connectivity index (χ2v) is 10.7. The zero-order chi connectivity index (χ0) is 25.1. The van der Waals surface area contributed by atoms with E-state index in [1.807, 2.05) is 6.07 Å². The van der Waals surface area contributed by atoms with Gasteiger partial charge in [0.1, 0.15) is 11.4 Å². The minimum atomic E-state index is -4.21. The molecule has 0 spiro atoms. The van der Waals surface area contributed by atoms with Crippen molar-refractivity contribution in [3.05, 3.63) is 94.3 Å². The van der Waals surface area contributed by atoms with Crippen molar-refractivity contribution in [1.29, 1.82) is 5.26 Å². The topological polar surface area (TPSA) is 87.5 Å². The highest BCUT2D eigenvalue weighted by atomic mass is 35.5. The maximum absolute atomic E-state index is 14.5. The highest BCUT2D eigenvalue weighted by molar-refractivity contribution is 7.92. The van der Waals surface area contributed by atoms with Crippen molar-refractivity contribution >= 4 is 33.3 Å². The van der Waals surface area contributed by atoms with Crippen molar-refractivity contribution in [1.82, 2.24) is 0 Å². The van der Waals surface area contributed by atoms with Gasteiger partial charge in [-0.05, 0) is 74.9 Å². The zero-order valence-corrected chi connectivity index (χ0v) is 20.3. The van der Waals surface area contributed by atoms with Crippen LogP contribution < -0.4 is 4.31 Å². The second-order valence-electron chi connectivity index (χ2n) is 8.44. The summed E-state index contributed by atoms with van der Waals surface area (Å²) in [6, 6.07) is 17.5. The van der Waals surface area contributed by atoms with Crippen LogP contribution >= 0.6 is 11.6 Å². The summed E-state index contributed by atoms with van der Waals surface area (Å²) in [4.78, 5) is 12.5. The Morgan fingerprint density at radius 3 is 2.38 bits per heavy atom. The average molecular weight is 501 g/mol. The largest absolute Gasteiger partial charge is 0.456 e.